The first-order valence-electron chi connectivity index (χ1n) is 4.10. The number of carboxylic acids is 1. The molecule has 0 radical (unpaired) electrons. The summed E-state index contributed by atoms with van der Waals surface area (Å²) in [7, 11) is 1.49. The van der Waals surface area contributed by atoms with Gasteiger partial charge in [-0.25, -0.2) is 4.79 Å². The summed E-state index contributed by atoms with van der Waals surface area (Å²) in [6.07, 6.45) is 1.43. The number of rotatable bonds is 4. The van der Waals surface area contributed by atoms with Gasteiger partial charge in [-0.3, -0.25) is 0 Å². The van der Waals surface area contributed by atoms with Crippen LogP contribution >= 0.6 is 0 Å². The van der Waals surface area contributed by atoms with Gasteiger partial charge in [-0.2, -0.15) is 4.57 Å². The summed E-state index contributed by atoms with van der Waals surface area (Å²) >= 11 is 0. The lowest BCUT2D eigenvalue weighted by atomic mass is 10.3. The van der Waals surface area contributed by atoms with E-state index in [1.165, 1.54) is 19.4 Å². The average Bonchev–Trinajstić information content (AvgIpc) is 2.18. The fourth-order valence-corrected chi connectivity index (χ4v) is 1.13. The molecule has 0 spiro atoms. The zero-order chi connectivity index (χ0) is 10.6. The number of hydrogen-bond donors (Lipinski definition) is 2. The number of carboxylic acid groups (broad SMARTS) is 1. The van der Waals surface area contributed by atoms with Crippen molar-refractivity contribution in [3.8, 4) is 5.88 Å². The molecule has 15 heavy (non-hydrogen) atoms. The topological polar surface area (TPSA) is 70.6 Å². The summed E-state index contributed by atoms with van der Waals surface area (Å²) in [4.78, 5) is 10.6. The molecule has 2 N–H and O–H groups in total. The highest BCUT2D eigenvalue weighted by atomic mass is 35.5. The minimum atomic E-state index is -1.00. The molecule has 0 aliphatic heterocycles. The van der Waals surface area contributed by atoms with Crippen LogP contribution in [0.4, 0.5) is 0 Å². The molecular weight excluding hydrogens is 222 g/mol. The van der Waals surface area contributed by atoms with E-state index in [0.29, 0.717) is 12.4 Å². The van der Waals surface area contributed by atoms with Gasteiger partial charge in [-0.1, -0.05) is 0 Å². The molecule has 6 heteroatoms. The minimum Gasteiger partial charge on any atom is -1.00 e. The number of aromatic carboxylic acids is 1. The molecule has 0 atom stereocenters. The predicted octanol–water partition coefficient (Wildman–Crippen LogP) is -3.32. The highest BCUT2D eigenvalue weighted by Gasteiger charge is 2.14. The number of aromatic nitrogens is 1. The van der Waals surface area contributed by atoms with Crippen LogP contribution in [0.2, 0.25) is 0 Å². The fourth-order valence-electron chi connectivity index (χ4n) is 1.13. The van der Waals surface area contributed by atoms with Gasteiger partial charge in [0.25, 0.3) is 0 Å². The van der Waals surface area contributed by atoms with Crippen LogP contribution < -0.4 is 21.7 Å². The highest BCUT2D eigenvalue weighted by Crippen LogP contribution is 2.04. The fraction of sp³-hybridized carbons (Fsp3) is 0.333. The molecule has 0 aliphatic rings. The van der Waals surface area contributed by atoms with Gasteiger partial charge in [-0.05, 0) is 6.07 Å². The molecule has 0 amide bonds. The number of hydrogen-bond acceptors (Lipinski definition) is 3. The summed E-state index contributed by atoms with van der Waals surface area (Å²) in [5, 5.41) is 17.5. The van der Waals surface area contributed by atoms with E-state index in [4.69, 9.17) is 14.9 Å². The van der Waals surface area contributed by atoms with Crippen LogP contribution in [0.25, 0.3) is 0 Å². The van der Waals surface area contributed by atoms with E-state index < -0.39 is 5.97 Å². The molecule has 1 rings (SSSR count). The Hall–Kier alpha value is -1.33. The van der Waals surface area contributed by atoms with Crippen molar-refractivity contribution in [1.29, 1.82) is 0 Å². The third kappa shape index (κ3) is 3.38. The van der Waals surface area contributed by atoms with E-state index in [0.717, 1.165) is 0 Å². The first kappa shape index (κ1) is 13.7. The monoisotopic (exact) mass is 233 g/mol. The summed E-state index contributed by atoms with van der Waals surface area (Å²) in [6, 6.07) is 3.01. The van der Waals surface area contributed by atoms with Crippen LogP contribution in [0, 0.1) is 0 Å². The molecule has 0 saturated carbocycles. The second-order valence-electron chi connectivity index (χ2n) is 2.68. The lowest BCUT2D eigenvalue weighted by molar-refractivity contribution is -0.702. The van der Waals surface area contributed by atoms with E-state index in [2.05, 4.69) is 0 Å². The molecule has 1 aromatic heterocycles. The first-order chi connectivity index (χ1) is 6.69. The Balaban J connectivity index is 0.00000196. The molecule has 1 heterocycles. The van der Waals surface area contributed by atoms with Gasteiger partial charge < -0.3 is 27.4 Å². The normalized spacial score (nSPS) is 9.20. The van der Waals surface area contributed by atoms with Crippen molar-refractivity contribution in [3.05, 3.63) is 23.9 Å². The molecule has 0 saturated heterocycles. The maximum absolute atomic E-state index is 10.6. The van der Waals surface area contributed by atoms with Crippen LogP contribution in [0.15, 0.2) is 18.3 Å². The Morgan fingerprint density at radius 1 is 1.53 bits per heavy atom. The van der Waals surface area contributed by atoms with Gasteiger partial charge in [0, 0.05) is 0 Å². The summed E-state index contributed by atoms with van der Waals surface area (Å²) in [6.45, 7) is 0.244. The number of nitrogens with zero attached hydrogens (tertiary/aromatic N) is 1. The third-order valence-electron chi connectivity index (χ3n) is 1.78. The lowest BCUT2D eigenvalue weighted by Gasteiger charge is -2.01. The van der Waals surface area contributed by atoms with Gasteiger partial charge in [0.1, 0.15) is 12.2 Å². The second-order valence-corrected chi connectivity index (χ2v) is 2.68. The molecule has 0 unspecified atom stereocenters. The Morgan fingerprint density at radius 3 is 2.67 bits per heavy atom. The molecular formula is C9H12ClNO4. The van der Waals surface area contributed by atoms with Crippen molar-refractivity contribution in [1.82, 2.24) is 0 Å². The quantitative estimate of drug-likeness (QED) is 0.534. The zero-order valence-corrected chi connectivity index (χ0v) is 8.94. The Morgan fingerprint density at radius 2 is 2.20 bits per heavy atom. The molecule has 0 bridgehead atoms. The van der Waals surface area contributed by atoms with Crippen LogP contribution in [0.5, 0.6) is 5.88 Å². The molecule has 84 valence electrons. The number of halogens is 1. The minimum absolute atomic E-state index is 0. The van der Waals surface area contributed by atoms with E-state index in [1.807, 2.05) is 0 Å². The maximum Gasteiger partial charge on any atom is 0.367 e. The van der Waals surface area contributed by atoms with Crippen molar-refractivity contribution in [2.24, 2.45) is 0 Å². The Kier molecular flexibility index (Phi) is 5.66. The molecule has 1 aromatic rings. The van der Waals surface area contributed by atoms with Gasteiger partial charge >= 0.3 is 11.8 Å². The number of aliphatic hydroxyl groups is 1. The number of ether oxygens (including phenoxy) is 1. The van der Waals surface area contributed by atoms with E-state index in [1.54, 1.807) is 10.6 Å². The number of methoxy groups -OCH3 is 1. The average molecular weight is 234 g/mol. The molecule has 0 fully saturated rings. The van der Waals surface area contributed by atoms with Crippen molar-refractivity contribution in [2.75, 3.05) is 13.7 Å². The number of carbonyl (C=O) groups is 1. The smallest absolute Gasteiger partial charge is 0.367 e. The summed E-state index contributed by atoms with van der Waals surface area (Å²) in [5.74, 6) is -0.483. The second kappa shape index (κ2) is 6.21. The van der Waals surface area contributed by atoms with Crippen LogP contribution in [-0.4, -0.2) is 29.9 Å². The Labute approximate surface area is 93.3 Å². The summed E-state index contributed by atoms with van der Waals surface area (Å²) in [5.41, 5.74) is 0.166. The Bertz CT molecular complexity index is 343. The van der Waals surface area contributed by atoms with Crippen molar-refractivity contribution in [2.45, 2.75) is 6.54 Å². The first-order valence-corrected chi connectivity index (χ1v) is 4.10. The predicted molar refractivity (Wildman–Crippen MR) is 47.2 cm³/mol. The lowest BCUT2D eigenvalue weighted by Crippen LogP contribution is -3.00. The van der Waals surface area contributed by atoms with E-state index in [9.17, 15) is 4.79 Å². The SMILES string of the molecule is COc1ccc(C(=O)O)c[n+]1CCO.[Cl-]. The summed E-state index contributed by atoms with van der Waals surface area (Å²) < 4.78 is 6.54. The molecule has 0 aliphatic carbocycles. The van der Waals surface area contributed by atoms with Gasteiger partial charge in [0.05, 0.1) is 13.2 Å². The maximum atomic E-state index is 10.6. The standard InChI is InChI=1S/C9H11NO4.ClH/c1-14-8-3-2-7(9(12)13)6-10(8)4-5-11;/h2-3,6,11H,4-5H2,1H3;1H. The largest absolute Gasteiger partial charge is 1.00 e. The highest BCUT2D eigenvalue weighted by molar-refractivity contribution is 5.86. The van der Waals surface area contributed by atoms with Gasteiger partial charge in [0.15, 0.2) is 12.7 Å². The van der Waals surface area contributed by atoms with Crippen molar-refractivity contribution in [3.63, 3.8) is 0 Å². The van der Waals surface area contributed by atoms with Crippen molar-refractivity contribution >= 4 is 5.97 Å². The molecule has 5 nitrogen and oxygen atoms in total. The van der Waals surface area contributed by atoms with E-state index >= 15 is 0 Å². The molecule has 0 aromatic carbocycles. The van der Waals surface area contributed by atoms with Crippen LogP contribution in [-0.2, 0) is 6.54 Å². The number of pyridine rings is 1. The zero-order valence-electron chi connectivity index (χ0n) is 8.18. The number of aliphatic hydroxyl groups excluding tert-OH is 1. The van der Waals surface area contributed by atoms with Crippen LogP contribution in [0.1, 0.15) is 10.4 Å². The van der Waals surface area contributed by atoms with Gasteiger partial charge in [-0.15, -0.1) is 0 Å². The van der Waals surface area contributed by atoms with Gasteiger partial charge in [0.2, 0.25) is 0 Å². The van der Waals surface area contributed by atoms with Crippen molar-refractivity contribution < 1.29 is 36.7 Å². The van der Waals surface area contributed by atoms with Crippen LogP contribution in [0.3, 0.4) is 0 Å². The third-order valence-corrected chi connectivity index (χ3v) is 1.78. The van der Waals surface area contributed by atoms with E-state index in [-0.39, 0.29) is 24.6 Å².